The number of nitrogens with one attached hydrogen (secondary N) is 1. The lowest BCUT2D eigenvalue weighted by atomic mass is 10.3. The normalized spacial score (nSPS) is 15.3. The maximum Gasteiger partial charge on any atom is 0.433 e. The van der Waals surface area contributed by atoms with E-state index < -0.39 is 23.4 Å². The number of ketones is 1. The summed E-state index contributed by atoms with van der Waals surface area (Å²) in [4.78, 5) is 32.7. The predicted octanol–water partition coefficient (Wildman–Crippen LogP) is 3.42. The van der Waals surface area contributed by atoms with Gasteiger partial charge in [0.1, 0.15) is 11.3 Å². The van der Waals surface area contributed by atoms with Gasteiger partial charge in [-0.15, -0.1) is 11.3 Å². The first kappa shape index (κ1) is 20.8. The summed E-state index contributed by atoms with van der Waals surface area (Å²) in [5.41, 5.74) is -2.39. The zero-order chi connectivity index (χ0) is 21.5. The van der Waals surface area contributed by atoms with Crippen molar-refractivity contribution in [3.63, 3.8) is 0 Å². The average molecular weight is 457 g/mol. The van der Waals surface area contributed by atoms with Gasteiger partial charge in [-0.1, -0.05) is 11.8 Å². The molecule has 0 aliphatic heterocycles. The number of rotatable bonds is 7. The van der Waals surface area contributed by atoms with Crippen molar-refractivity contribution in [1.29, 1.82) is 0 Å². The zero-order valence-electron chi connectivity index (χ0n) is 15.2. The van der Waals surface area contributed by atoms with Crippen molar-refractivity contribution in [3.8, 4) is 0 Å². The number of amides is 1. The van der Waals surface area contributed by atoms with Gasteiger partial charge < -0.3 is 14.8 Å². The molecule has 1 amide bonds. The highest BCUT2D eigenvalue weighted by molar-refractivity contribution is 7.99. The van der Waals surface area contributed by atoms with Gasteiger partial charge in [-0.3, -0.25) is 9.59 Å². The van der Waals surface area contributed by atoms with Crippen LogP contribution >= 0.6 is 23.1 Å². The highest BCUT2D eigenvalue weighted by atomic mass is 32.2. The van der Waals surface area contributed by atoms with Crippen molar-refractivity contribution < 1.29 is 32.3 Å². The third kappa shape index (κ3) is 4.50. The maximum absolute atomic E-state index is 12.7. The third-order valence-corrected chi connectivity index (χ3v) is 6.31. The Morgan fingerprint density at radius 3 is 2.70 bits per heavy atom. The fourth-order valence-corrected chi connectivity index (χ4v) is 4.20. The Labute approximate surface area is 175 Å². The summed E-state index contributed by atoms with van der Waals surface area (Å²) in [6.07, 6.45) is -3.68. The topological polar surface area (TPSA) is 105 Å². The Morgan fingerprint density at radius 2 is 2.00 bits per heavy atom. The quantitative estimate of drug-likeness (QED) is 0.414. The van der Waals surface area contributed by atoms with Gasteiger partial charge in [0.15, 0.2) is 17.0 Å². The molecule has 30 heavy (non-hydrogen) atoms. The van der Waals surface area contributed by atoms with Crippen molar-refractivity contribution in [2.75, 3.05) is 5.75 Å². The van der Waals surface area contributed by atoms with Crippen LogP contribution in [-0.4, -0.2) is 38.1 Å². The summed E-state index contributed by atoms with van der Waals surface area (Å²) in [7, 11) is 0. The molecule has 158 valence electrons. The highest BCUT2D eigenvalue weighted by Gasteiger charge is 2.47. The standard InChI is InChI=1S/C18H14F3N3O4S2/c19-18(20,21)13-4-2-11-14(23-13)24-16(28-11)29-8-10(25)12-3-1-9(30-12)7-22-15(26)17(27)5-6-17/h1-4,27H,5-8H2,(H,22,26). The molecule has 1 saturated carbocycles. The van der Waals surface area contributed by atoms with E-state index in [1.807, 2.05) is 0 Å². The number of hydrogen-bond donors (Lipinski definition) is 2. The second-order valence-corrected chi connectivity index (χ2v) is 8.78. The Hall–Kier alpha value is -2.44. The van der Waals surface area contributed by atoms with Crippen LogP contribution in [0.4, 0.5) is 13.2 Å². The Bertz CT molecular complexity index is 1120. The molecule has 2 N–H and O–H groups in total. The smallest absolute Gasteiger partial charge is 0.430 e. The molecule has 12 heteroatoms. The van der Waals surface area contributed by atoms with Crippen molar-refractivity contribution in [2.45, 2.75) is 36.4 Å². The van der Waals surface area contributed by atoms with Gasteiger partial charge in [-0.2, -0.15) is 18.2 Å². The number of carbonyl (C=O) groups excluding carboxylic acids is 2. The van der Waals surface area contributed by atoms with Crippen LogP contribution in [-0.2, 0) is 17.5 Å². The molecule has 3 aromatic heterocycles. The third-order valence-electron chi connectivity index (χ3n) is 4.36. The molecule has 1 aliphatic carbocycles. The van der Waals surface area contributed by atoms with E-state index in [1.165, 1.54) is 11.3 Å². The van der Waals surface area contributed by atoms with Crippen molar-refractivity contribution >= 4 is 46.0 Å². The van der Waals surface area contributed by atoms with Gasteiger partial charge >= 0.3 is 6.18 Å². The number of alkyl halides is 3. The number of oxazole rings is 1. The lowest BCUT2D eigenvalue weighted by molar-refractivity contribution is -0.141. The Balaban J connectivity index is 1.34. The maximum atomic E-state index is 12.7. The molecule has 0 radical (unpaired) electrons. The molecule has 1 fully saturated rings. The average Bonchev–Trinajstić information content (AvgIpc) is 3.12. The van der Waals surface area contributed by atoms with Crippen LogP contribution < -0.4 is 5.32 Å². The summed E-state index contributed by atoms with van der Waals surface area (Å²) in [5.74, 6) is -0.655. The Morgan fingerprint density at radius 1 is 1.23 bits per heavy atom. The molecular formula is C18H14F3N3O4S2. The van der Waals surface area contributed by atoms with Gasteiger partial charge in [0.2, 0.25) is 0 Å². The number of hydrogen-bond acceptors (Lipinski definition) is 8. The number of aromatic nitrogens is 2. The van der Waals surface area contributed by atoms with E-state index in [0.717, 1.165) is 28.8 Å². The van der Waals surface area contributed by atoms with Gasteiger partial charge in [0, 0.05) is 4.88 Å². The van der Waals surface area contributed by atoms with Crippen molar-refractivity contribution in [1.82, 2.24) is 15.3 Å². The number of fused-ring (bicyclic) bond motifs is 1. The van der Waals surface area contributed by atoms with Crippen molar-refractivity contribution in [3.05, 3.63) is 39.7 Å². The zero-order valence-corrected chi connectivity index (χ0v) is 16.8. The van der Waals surface area contributed by atoms with E-state index in [1.54, 1.807) is 12.1 Å². The van der Waals surface area contributed by atoms with Crippen LogP contribution in [0, 0.1) is 0 Å². The first-order chi connectivity index (χ1) is 14.1. The number of halogens is 3. The van der Waals surface area contributed by atoms with Crippen LogP contribution in [0.3, 0.4) is 0 Å². The number of aliphatic hydroxyl groups is 1. The van der Waals surface area contributed by atoms with E-state index >= 15 is 0 Å². The van der Waals surface area contributed by atoms with Crippen LogP contribution in [0.15, 0.2) is 33.9 Å². The molecule has 0 saturated heterocycles. The number of thioether (sulfide) groups is 1. The molecule has 7 nitrogen and oxygen atoms in total. The molecule has 0 aromatic carbocycles. The SMILES string of the molecule is O=C(CSc1nc2nc(C(F)(F)F)ccc2o1)c1ccc(CNC(=O)C2(O)CC2)s1. The minimum absolute atomic E-state index is 0.0228. The molecule has 4 rings (SSSR count). The molecule has 0 spiro atoms. The monoisotopic (exact) mass is 457 g/mol. The van der Waals surface area contributed by atoms with Crippen LogP contribution in [0.1, 0.15) is 33.1 Å². The van der Waals surface area contributed by atoms with Gasteiger partial charge in [0.05, 0.1) is 17.2 Å². The fraction of sp³-hybridized carbons (Fsp3) is 0.333. The number of thiophene rings is 1. The number of pyridine rings is 1. The minimum Gasteiger partial charge on any atom is -0.430 e. The first-order valence-corrected chi connectivity index (χ1v) is 10.5. The van der Waals surface area contributed by atoms with Gasteiger partial charge in [0.25, 0.3) is 11.1 Å². The molecule has 0 bridgehead atoms. The van der Waals surface area contributed by atoms with Gasteiger partial charge in [-0.05, 0) is 37.1 Å². The van der Waals surface area contributed by atoms with Crippen LogP contribution in [0.25, 0.3) is 11.2 Å². The van der Waals surface area contributed by atoms with Gasteiger partial charge in [-0.25, -0.2) is 4.98 Å². The van der Waals surface area contributed by atoms with E-state index in [-0.39, 0.29) is 34.5 Å². The molecule has 0 atom stereocenters. The largest absolute Gasteiger partial charge is 0.433 e. The molecule has 3 heterocycles. The van der Waals surface area contributed by atoms with Crippen LogP contribution in [0.2, 0.25) is 0 Å². The van der Waals surface area contributed by atoms with E-state index in [2.05, 4.69) is 15.3 Å². The molecule has 3 aromatic rings. The molecule has 1 aliphatic rings. The summed E-state index contributed by atoms with van der Waals surface area (Å²) < 4.78 is 43.5. The second kappa shape index (κ2) is 7.67. The number of nitrogens with zero attached hydrogens (tertiary/aromatic N) is 2. The summed E-state index contributed by atoms with van der Waals surface area (Å²) >= 11 is 2.17. The van der Waals surface area contributed by atoms with Crippen LogP contribution in [0.5, 0.6) is 0 Å². The second-order valence-electron chi connectivity index (χ2n) is 6.69. The summed E-state index contributed by atoms with van der Waals surface area (Å²) in [6.45, 7) is 0.213. The van der Waals surface area contributed by atoms with E-state index in [4.69, 9.17) is 4.42 Å². The van der Waals surface area contributed by atoms with Crippen molar-refractivity contribution in [2.24, 2.45) is 0 Å². The van der Waals surface area contributed by atoms with E-state index in [0.29, 0.717) is 17.7 Å². The summed E-state index contributed by atoms with van der Waals surface area (Å²) in [5, 5.41) is 12.4. The minimum atomic E-state index is -4.58. The molecular weight excluding hydrogens is 443 g/mol. The first-order valence-electron chi connectivity index (χ1n) is 8.74. The number of carbonyl (C=O) groups is 2. The predicted molar refractivity (Wildman–Crippen MR) is 102 cm³/mol. The van der Waals surface area contributed by atoms with E-state index in [9.17, 15) is 27.9 Å². The lowest BCUT2D eigenvalue weighted by Crippen LogP contribution is -2.35. The summed E-state index contributed by atoms with van der Waals surface area (Å²) in [6, 6.07) is 5.29. The number of Topliss-reactive ketones (excluding diaryl/α,β-unsaturated/α-hetero) is 1. The highest BCUT2D eigenvalue weighted by Crippen LogP contribution is 2.35. The Kier molecular flexibility index (Phi) is 5.32. The fourth-order valence-electron chi connectivity index (χ4n) is 2.52. The lowest BCUT2D eigenvalue weighted by Gasteiger charge is -2.07. The molecule has 0 unspecified atom stereocenters.